The first-order chi connectivity index (χ1) is 18.1. The number of benzene rings is 2. The van der Waals surface area contributed by atoms with Crippen molar-refractivity contribution >= 4 is 29.7 Å². The third-order valence-electron chi connectivity index (χ3n) is 5.17. The molecular weight excluding hydrogens is 503 g/mol. The van der Waals surface area contributed by atoms with Crippen LogP contribution in [0, 0.1) is 0 Å². The van der Waals surface area contributed by atoms with Gasteiger partial charge in [-0.3, -0.25) is 14.0 Å². The zero-order valence-electron chi connectivity index (χ0n) is 20.1. The van der Waals surface area contributed by atoms with Gasteiger partial charge in [-0.25, -0.2) is 9.78 Å². The number of aromatic nitrogens is 2. The number of alkyl halides is 3. The number of carbonyl (C=O) groups excluding carboxylic acids is 2. The van der Waals surface area contributed by atoms with E-state index in [4.69, 9.17) is 9.90 Å². The Balaban J connectivity index is 0.00000127. The molecule has 12 heteroatoms. The van der Waals surface area contributed by atoms with E-state index in [0.717, 1.165) is 22.4 Å². The molecule has 2 aromatic carbocycles. The average Bonchev–Trinajstić information content (AvgIpc) is 3.31. The first-order valence-electron chi connectivity index (χ1n) is 11.3. The van der Waals surface area contributed by atoms with Gasteiger partial charge in [-0.15, -0.1) is 0 Å². The maximum atomic E-state index is 12.3. The van der Waals surface area contributed by atoms with Crippen molar-refractivity contribution in [3.8, 4) is 22.4 Å². The maximum absolute atomic E-state index is 12.3. The number of fused-ring (bicyclic) bond motifs is 1. The van der Waals surface area contributed by atoms with Crippen molar-refractivity contribution in [1.82, 2.24) is 20.0 Å². The van der Waals surface area contributed by atoms with Gasteiger partial charge in [0.1, 0.15) is 12.2 Å². The van der Waals surface area contributed by atoms with Gasteiger partial charge >= 0.3 is 12.2 Å². The molecule has 198 valence electrons. The predicted octanol–water partition coefficient (Wildman–Crippen LogP) is 4.80. The molecule has 0 saturated carbocycles. The Labute approximate surface area is 215 Å². The molecule has 0 unspecified atom stereocenters. The van der Waals surface area contributed by atoms with Crippen molar-refractivity contribution < 1.29 is 32.7 Å². The van der Waals surface area contributed by atoms with Crippen LogP contribution in [0.25, 0.3) is 28.0 Å². The Morgan fingerprint density at radius 3 is 2.39 bits per heavy atom. The maximum Gasteiger partial charge on any atom is 0.405 e. The van der Waals surface area contributed by atoms with Gasteiger partial charge in [0.2, 0.25) is 0 Å². The molecule has 9 nitrogen and oxygen atoms in total. The molecule has 0 aliphatic carbocycles. The van der Waals surface area contributed by atoms with Crippen molar-refractivity contribution in [2.45, 2.75) is 13.1 Å². The molecule has 0 spiro atoms. The van der Waals surface area contributed by atoms with Crippen LogP contribution in [0.1, 0.15) is 17.3 Å². The van der Waals surface area contributed by atoms with E-state index < -0.39 is 18.8 Å². The van der Waals surface area contributed by atoms with E-state index in [1.807, 2.05) is 53.9 Å². The second kappa shape index (κ2) is 12.4. The summed E-state index contributed by atoms with van der Waals surface area (Å²) in [7, 11) is 0. The fourth-order valence-electron chi connectivity index (χ4n) is 3.59. The van der Waals surface area contributed by atoms with E-state index in [9.17, 15) is 22.8 Å². The number of nitrogens with one attached hydrogen (secondary N) is 3. The summed E-state index contributed by atoms with van der Waals surface area (Å²) in [6.45, 7) is 0.737. The van der Waals surface area contributed by atoms with E-state index in [1.165, 1.54) is 0 Å². The second-order valence-corrected chi connectivity index (χ2v) is 7.84. The Morgan fingerprint density at radius 1 is 1.00 bits per heavy atom. The number of hydrogen-bond donors (Lipinski definition) is 4. The third kappa shape index (κ3) is 7.32. The molecule has 4 aromatic rings. The number of carbonyl (C=O) groups is 3. The van der Waals surface area contributed by atoms with E-state index in [0.29, 0.717) is 23.4 Å². The van der Waals surface area contributed by atoms with Gasteiger partial charge in [0.25, 0.3) is 12.4 Å². The number of urea groups is 1. The number of hydrogen-bond acceptors (Lipinski definition) is 4. The summed E-state index contributed by atoms with van der Waals surface area (Å²) in [6.07, 6.45) is -0.965. The normalized spacial score (nSPS) is 10.7. The molecular formula is C26H24F3N5O4. The van der Waals surface area contributed by atoms with Crippen molar-refractivity contribution in [2.24, 2.45) is 0 Å². The molecule has 2 aromatic heterocycles. The molecule has 0 radical (unpaired) electrons. The molecule has 4 N–H and O–H groups in total. The van der Waals surface area contributed by atoms with Gasteiger partial charge < -0.3 is 21.1 Å². The summed E-state index contributed by atoms with van der Waals surface area (Å²) in [5.41, 5.74) is 4.79. The highest BCUT2D eigenvalue weighted by molar-refractivity contribution is 5.95. The minimum Gasteiger partial charge on any atom is -0.483 e. The lowest BCUT2D eigenvalue weighted by molar-refractivity contribution is -0.123. The highest BCUT2D eigenvalue weighted by Crippen LogP contribution is 2.27. The summed E-state index contributed by atoms with van der Waals surface area (Å²) < 4.78 is 38.8. The minimum atomic E-state index is -4.49. The lowest BCUT2D eigenvalue weighted by atomic mass is 10.0. The van der Waals surface area contributed by atoms with Crippen LogP contribution in [0.4, 0.5) is 23.7 Å². The molecule has 4 rings (SSSR count). The average molecular weight is 528 g/mol. The lowest BCUT2D eigenvalue weighted by Crippen LogP contribution is -2.36. The topological polar surface area (TPSA) is 125 Å². The van der Waals surface area contributed by atoms with E-state index in [1.54, 1.807) is 35.8 Å². The summed E-state index contributed by atoms with van der Waals surface area (Å²) in [5.74, 6) is -0.140. The molecule has 0 bridgehead atoms. The van der Waals surface area contributed by atoms with Crippen molar-refractivity contribution in [3.63, 3.8) is 0 Å². The second-order valence-electron chi connectivity index (χ2n) is 7.84. The van der Waals surface area contributed by atoms with Crippen LogP contribution in [-0.2, 0) is 4.79 Å². The third-order valence-corrected chi connectivity index (χ3v) is 5.17. The minimum absolute atomic E-state index is 0.140. The highest BCUT2D eigenvalue weighted by Gasteiger charge is 2.27. The van der Waals surface area contributed by atoms with Crippen molar-refractivity contribution in [2.75, 3.05) is 18.4 Å². The zero-order valence-corrected chi connectivity index (χ0v) is 20.1. The number of imidazole rings is 1. The smallest absolute Gasteiger partial charge is 0.405 e. The molecule has 0 fully saturated rings. The first kappa shape index (κ1) is 27.7. The number of pyridine rings is 1. The number of anilines is 1. The molecule has 0 atom stereocenters. The number of amides is 3. The number of nitrogens with zero attached hydrogens (tertiary/aromatic N) is 2. The number of rotatable bonds is 6. The largest absolute Gasteiger partial charge is 0.483 e. The van der Waals surface area contributed by atoms with Crippen LogP contribution in [0.3, 0.4) is 0 Å². The van der Waals surface area contributed by atoms with E-state index in [-0.39, 0.29) is 12.4 Å². The fourth-order valence-corrected chi connectivity index (χ4v) is 3.59. The zero-order chi connectivity index (χ0) is 27.7. The summed E-state index contributed by atoms with van der Waals surface area (Å²) >= 11 is 0. The molecule has 0 saturated heterocycles. The SMILES string of the molecule is CCNC(=O)c1cccc(-c2ccn3c(-c4cccc(NC(=O)NCC(F)(F)F)c4)cnc3c2)c1.O=CO. The Hall–Kier alpha value is -4.87. The molecule has 38 heavy (non-hydrogen) atoms. The molecule has 2 heterocycles. The van der Waals surface area contributed by atoms with Crippen LogP contribution in [0.2, 0.25) is 0 Å². The van der Waals surface area contributed by atoms with Crippen LogP contribution < -0.4 is 16.0 Å². The summed E-state index contributed by atoms with van der Waals surface area (Å²) in [6, 6.07) is 16.9. The van der Waals surface area contributed by atoms with Crippen molar-refractivity contribution in [1.29, 1.82) is 0 Å². The quantitative estimate of drug-likeness (QED) is 0.268. The monoisotopic (exact) mass is 527 g/mol. The van der Waals surface area contributed by atoms with Crippen LogP contribution in [-0.4, -0.2) is 52.2 Å². The summed E-state index contributed by atoms with van der Waals surface area (Å²) in [5, 5.41) is 13.9. The Bertz CT molecular complexity index is 1440. The molecule has 0 aliphatic rings. The van der Waals surface area contributed by atoms with Crippen LogP contribution in [0.5, 0.6) is 0 Å². The highest BCUT2D eigenvalue weighted by atomic mass is 19.4. The summed E-state index contributed by atoms with van der Waals surface area (Å²) in [4.78, 5) is 36.8. The number of halogens is 3. The lowest BCUT2D eigenvalue weighted by Gasteiger charge is -2.11. The fraction of sp³-hybridized carbons (Fsp3) is 0.154. The van der Waals surface area contributed by atoms with Crippen LogP contribution in [0.15, 0.2) is 73.1 Å². The van der Waals surface area contributed by atoms with E-state index >= 15 is 0 Å². The van der Waals surface area contributed by atoms with Gasteiger partial charge in [0, 0.05) is 29.6 Å². The van der Waals surface area contributed by atoms with Gasteiger partial charge in [-0.2, -0.15) is 13.2 Å². The predicted molar refractivity (Wildman–Crippen MR) is 136 cm³/mol. The Kier molecular flexibility index (Phi) is 9.04. The van der Waals surface area contributed by atoms with Gasteiger partial charge in [0.15, 0.2) is 0 Å². The van der Waals surface area contributed by atoms with E-state index in [2.05, 4.69) is 15.6 Å². The standard InChI is InChI=1S/C25H22F3N5O2.CH2O2/c1-2-29-23(34)19-7-3-5-16(11-19)17-9-10-33-21(14-30-22(33)13-17)18-6-4-8-20(12-18)32-24(35)31-15-25(26,27)28;2-1-3/h3-14H,2,15H2,1H3,(H,29,34)(H2,31,32,35);1H,(H,2,3). The Morgan fingerprint density at radius 2 is 1.68 bits per heavy atom. The van der Waals surface area contributed by atoms with Gasteiger partial charge in [0.05, 0.1) is 11.9 Å². The van der Waals surface area contributed by atoms with Gasteiger partial charge in [-0.05, 0) is 54.4 Å². The van der Waals surface area contributed by atoms with Crippen molar-refractivity contribution in [3.05, 3.63) is 78.6 Å². The molecule has 3 amide bonds. The number of carboxylic acid groups (broad SMARTS) is 1. The molecule has 0 aliphatic heterocycles. The van der Waals surface area contributed by atoms with Crippen LogP contribution >= 0.6 is 0 Å². The van der Waals surface area contributed by atoms with Gasteiger partial charge in [-0.1, -0.05) is 24.3 Å². The first-order valence-corrected chi connectivity index (χ1v) is 11.3.